The van der Waals surface area contributed by atoms with Crippen molar-refractivity contribution in [2.75, 3.05) is 18.5 Å². The van der Waals surface area contributed by atoms with Crippen molar-refractivity contribution in [3.05, 3.63) is 29.8 Å². The standard InChI is InChI=1S/C16H26N2O4/c1-11(18-15(21)22-16(2,3)4)12-6-5-7-13(8-12)17-9-14(20)10-19/h5-8,11,14,17,19-20H,9-10H2,1-4H3,(H,18,21). The Morgan fingerprint density at radius 3 is 2.64 bits per heavy atom. The number of benzene rings is 1. The highest BCUT2D eigenvalue weighted by atomic mass is 16.6. The van der Waals surface area contributed by atoms with Crippen LogP contribution in [0.15, 0.2) is 24.3 Å². The number of hydrogen-bond acceptors (Lipinski definition) is 5. The maximum atomic E-state index is 11.8. The Kier molecular flexibility index (Phi) is 6.64. The summed E-state index contributed by atoms with van der Waals surface area (Å²) < 4.78 is 5.23. The molecule has 1 rings (SSSR count). The summed E-state index contributed by atoms with van der Waals surface area (Å²) in [6.07, 6.45) is -1.27. The highest BCUT2D eigenvalue weighted by molar-refractivity contribution is 5.68. The first kappa shape index (κ1) is 18.3. The van der Waals surface area contributed by atoms with E-state index in [-0.39, 0.29) is 19.2 Å². The second-order valence-corrected chi connectivity index (χ2v) is 6.21. The first-order valence-corrected chi connectivity index (χ1v) is 7.33. The Labute approximate surface area is 131 Å². The van der Waals surface area contributed by atoms with Gasteiger partial charge in [0.05, 0.1) is 18.8 Å². The van der Waals surface area contributed by atoms with Crippen molar-refractivity contribution in [1.29, 1.82) is 0 Å². The number of anilines is 1. The summed E-state index contributed by atoms with van der Waals surface area (Å²) in [6, 6.07) is 7.28. The molecule has 2 unspecified atom stereocenters. The summed E-state index contributed by atoms with van der Waals surface area (Å²) in [5.41, 5.74) is 1.19. The Bertz CT molecular complexity index is 485. The average molecular weight is 310 g/mol. The molecule has 0 aromatic heterocycles. The molecule has 4 N–H and O–H groups in total. The number of carbonyl (C=O) groups excluding carboxylic acids is 1. The van der Waals surface area contributed by atoms with Crippen LogP contribution in [0.3, 0.4) is 0 Å². The van der Waals surface area contributed by atoms with Gasteiger partial charge < -0.3 is 25.6 Å². The topological polar surface area (TPSA) is 90.8 Å². The van der Waals surface area contributed by atoms with Crippen molar-refractivity contribution >= 4 is 11.8 Å². The molecule has 1 aromatic carbocycles. The lowest BCUT2D eigenvalue weighted by molar-refractivity contribution is 0.0508. The van der Waals surface area contributed by atoms with Crippen LogP contribution in [-0.4, -0.2) is 41.2 Å². The van der Waals surface area contributed by atoms with E-state index in [1.807, 2.05) is 52.0 Å². The molecule has 1 amide bonds. The number of hydrogen-bond donors (Lipinski definition) is 4. The zero-order valence-corrected chi connectivity index (χ0v) is 13.6. The van der Waals surface area contributed by atoms with E-state index >= 15 is 0 Å². The third-order valence-electron chi connectivity index (χ3n) is 2.87. The van der Waals surface area contributed by atoms with Gasteiger partial charge in [0, 0.05) is 12.2 Å². The van der Waals surface area contributed by atoms with Crippen LogP contribution in [0.5, 0.6) is 0 Å². The second-order valence-electron chi connectivity index (χ2n) is 6.21. The van der Waals surface area contributed by atoms with Crippen LogP contribution >= 0.6 is 0 Å². The normalized spacial score (nSPS) is 14.1. The highest BCUT2D eigenvalue weighted by Gasteiger charge is 2.18. The maximum Gasteiger partial charge on any atom is 0.408 e. The molecule has 0 saturated carbocycles. The zero-order chi connectivity index (χ0) is 16.8. The highest BCUT2D eigenvalue weighted by Crippen LogP contribution is 2.18. The molecule has 0 aliphatic carbocycles. The summed E-state index contributed by atoms with van der Waals surface area (Å²) in [6.45, 7) is 7.28. The number of rotatable bonds is 6. The van der Waals surface area contributed by atoms with Gasteiger partial charge in [-0.05, 0) is 45.4 Å². The fraction of sp³-hybridized carbons (Fsp3) is 0.562. The van der Waals surface area contributed by atoms with Crippen molar-refractivity contribution in [2.24, 2.45) is 0 Å². The van der Waals surface area contributed by atoms with E-state index in [9.17, 15) is 9.90 Å². The van der Waals surface area contributed by atoms with Gasteiger partial charge in [0.2, 0.25) is 0 Å². The van der Waals surface area contributed by atoms with Crippen LogP contribution in [0.1, 0.15) is 39.3 Å². The fourth-order valence-corrected chi connectivity index (χ4v) is 1.79. The van der Waals surface area contributed by atoms with Crippen LogP contribution < -0.4 is 10.6 Å². The predicted octanol–water partition coefficient (Wildman–Crippen LogP) is 2.04. The number of ether oxygens (including phenoxy) is 1. The Morgan fingerprint density at radius 2 is 2.05 bits per heavy atom. The molecule has 0 radical (unpaired) electrons. The molecule has 2 atom stereocenters. The van der Waals surface area contributed by atoms with Crippen molar-refractivity contribution in [1.82, 2.24) is 5.32 Å². The number of nitrogens with one attached hydrogen (secondary N) is 2. The molecule has 6 heteroatoms. The first-order valence-electron chi connectivity index (χ1n) is 7.33. The van der Waals surface area contributed by atoms with Crippen LogP contribution in [0.25, 0.3) is 0 Å². The largest absolute Gasteiger partial charge is 0.444 e. The Hall–Kier alpha value is -1.79. The Balaban J connectivity index is 2.62. The quantitative estimate of drug-likeness (QED) is 0.645. The number of alkyl carbamates (subject to hydrolysis) is 1. The minimum atomic E-state index is -0.805. The lowest BCUT2D eigenvalue weighted by Crippen LogP contribution is -2.34. The van der Waals surface area contributed by atoms with Crippen molar-refractivity contribution < 1.29 is 19.7 Å². The molecule has 0 heterocycles. The van der Waals surface area contributed by atoms with Gasteiger partial charge in [0.15, 0.2) is 0 Å². The van der Waals surface area contributed by atoms with E-state index in [1.54, 1.807) is 0 Å². The van der Waals surface area contributed by atoms with E-state index in [2.05, 4.69) is 10.6 Å². The summed E-state index contributed by atoms with van der Waals surface area (Å²) in [4.78, 5) is 11.8. The molecule has 6 nitrogen and oxygen atoms in total. The summed E-state index contributed by atoms with van der Waals surface area (Å²) >= 11 is 0. The van der Waals surface area contributed by atoms with Gasteiger partial charge >= 0.3 is 6.09 Å². The minimum Gasteiger partial charge on any atom is -0.444 e. The number of carbonyl (C=O) groups is 1. The van der Waals surface area contributed by atoms with Crippen LogP contribution in [-0.2, 0) is 4.74 Å². The average Bonchev–Trinajstić information content (AvgIpc) is 2.42. The summed E-state index contributed by atoms with van der Waals surface area (Å²) in [5, 5.41) is 23.9. The smallest absolute Gasteiger partial charge is 0.408 e. The first-order chi connectivity index (χ1) is 10.2. The molecule has 124 valence electrons. The summed E-state index contributed by atoms with van der Waals surface area (Å²) in [7, 11) is 0. The predicted molar refractivity (Wildman–Crippen MR) is 85.8 cm³/mol. The van der Waals surface area contributed by atoms with Gasteiger partial charge in [-0.2, -0.15) is 0 Å². The molecule has 22 heavy (non-hydrogen) atoms. The van der Waals surface area contributed by atoms with E-state index in [0.717, 1.165) is 11.3 Å². The lowest BCUT2D eigenvalue weighted by Gasteiger charge is -2.22. The van der Waals surface area contributed by atoms with Crippen molar-refractivity contribution in [2.45, 2.75) is 45.4 Å². The van der Waals surface area contributed by atoms with Crippen LogP contribution in [0, 0.1) is 0 Å². The fourth-order valence-electron chi connectivity index (χ4n) is 1.79. The van der Waals surface area contributed by atoms with Gasteiger partial charge in [0.1, 0.15) is 5.60 Å². The minimum absolute atomic E-state index is 0.209. The van der Waals surface area contributed by atoms with Gasteiger partial charge in [-0.15, -0.1) is 0 Å². The van der Waals surface area contributed by atoms with Crippen LogP contribution in [0.2, 0.25) is 0 Å². The van der Waals surface area contributed by atoms with Gasteiger partial charge in [-0.1, -0.05) is 12.1 Å². The second kappa shape index (κ2) is 8.00. The SMILES string of the molecule is CC(NC(=O)OC(C)(C)C)c1cccc(NCC(O)CO)c1. The molecule has 1 aromatic rings. The van der Waals surface area contributed by atoms with Crippen molar-refractivity contribution in [3.63, 3.8) is 0 Å². The Morgan fingerprint density at radius 1 is 1.36 bits per heavy atom. The molecule has 0 aliphatic rings. The van der Waals surface area contributed by atoms with E-state index in [1.165, 1.54) is 0 Å². The summed E-state index contributed by atoms with van der Waals surface area (Å²) in [5.74, 6) is 0. The lowest BCUT2D eigenvalue weighted by atomic mass is 10.1. The maximum absolute atomic E-state index is 11.8. The third kappa shape index (κ3) is 6.78. The molecule has 0 spiro atoms. The number of aliphatic hydroxyl groups excluding tert-OH is 2. The molecule has 0 fully saturated rings. The molecule has 0 bridgehead atoms. The van der Waals surface area contributed by atoms with Crippen LogP contribution in [0.4, 0.5) is 10.5 Å². The van der Waals surface area contributed by atoms with E-state index < -0.39 is 17.8 Å². The monoisotopic (exact) mass is 310 g/mol. The van der Waals surface area contributed by atoms with Gasteiger partial charge in [-0.3, -0.25) is 0 Å². The van der Waals surface area contributed by atoms with E-state index in [0.29, 0.717) is 0 Å². The third-order valence-corrected chi connectivity index (χ3v) is 2.87. The van der Waals surface area contributed by atoms with Gasteiger partial charge in [0.25, 0.3) is 0 Å². The molecular formula is C16H26N2O4. The number of aliphatic hydroxyl groups is 2. The molecule has 0 saturated heterocycles. The zero-order valence-electron chi connectivity index (χ0n) is 13.6. The van der Waals surface area contributed by atoms with E-state index in [4.69, 9.17) is 9.84 Å². The van der Waals surface area contributed by atoms with Gasteiger partial charge in [-0.25, -0.2) is 4.79 Å². The number of amides is 1. The van der Waals surface area contributed by atoms with Crippen molar-refractivity contribution in [3.8, 4) is 0 Å². The molecular weight excluding hydrogens is 284 g/mol. The molecule has 0 aliphatic heterocycles.